The summed E-state index contributed by atoms with van der Waals surface area (Å²) < 4.78 is 12.2. The van der Waals surface area contributed by atoms with Crippen LogP contribution in [0.5, 0.6) is 0 Å². The van der Waals surface area contributed by atoms with E-state index >= 15 is 0 Å². The summed E-state index contributed by atoms with van der Waals surface area (Å²) in [6, 6.07) is 19.2. The molecule has 0 spiro atoms. The summed E-state index contributed by atoms with van der Waals surface area (Å²) in [5.74, 6) is -1.24. The van der Waals surface area contributed by atoms with Crippen LogP contribution in [0.15, 0.2) is 65.8 Å². The Balaban J connectivity index is 1.52. The Hall–Kier alpha value is -4.49. The van der Waals surface area contributed by atoms with E-state index in [1.54, 1.807) is 27.7 Å². The number of ether oxygens (including phenoxy) is 2. The van der Waals surface area contributed by atoms with Crippen LogP contribution in [0.1, 0.15) is 63.3 Å². The summed E-state index contributed by atoms with van der Waals surface area (Å²) in [4.78, 5) is 51.6. The van der Waals surface area contributed by atoms with Crippen molar-refractivity contribution in [1.29, 1.82) is 0 Å². The fourth-order valence-corrected chi connectivity index (χ4v) is 6.31. The molecule has 45 heavy (non-hydrogen) atoms. The summed E-state index contributed by atoms with van der Waals surface area (Å²) in [5.41, 5.74) is 2.40. The molecule has 0 unspecified atom stereocenters. The highest BCUT2D eigenvalue weighted by Crippen LogP contribution is 2.35. The van der Waals surface area contributed by atoms with Crippen LogP contribution in [-0.2, 0) is 38.6 Å². The first-order valence-electron chi connectivity index (χ1n) is 14.4. The molecule has 11 nitrogen and oxygen atoms in total. The lowest BCUT2D eigenvalue weighted by Gasteiger charge is -2.14. The highest BCUT2D eigenvalue weighted by molar-refractivity contribution is 8.00. The number of amides is 2. The van der Waals surface area contributed by atoms with Crippen molar-refractivity contribution in [1.82, 2.24) is 20.1 Å². The van der Waals surface area contributed by atoms with Crippen molar-refractivity contribution in [3.63, 3.8) is 0 Å². The number of thiophene rings is 1. The van der Waals surface area contributed by atoms with Gasteiger partial charge in [0.25, 0.3) is 0 Å². The molecule has 2 aromatic carbocycles. The van der Waals surface area contributed by atoms with Gasteiger partial charge in [-0.15, -0.1) is 21.5 Å². The lowest BCUT2D eigenvalue weighted by molar-refractivity contribution is -0.120. The summed E-state index contributed by atoms with van der Waals surface area (Å²) in [7, 11) is 0. The van der Waals surface area contributed by atoms with E-state index in [-0.39, 0.29) is 47.5 Å². The molecule has 4 aromatic rings. The van der Waals surface area contributed by atoms with Gasteiger partial charge in [-0.2, -0.15) is 0 Å². The number of anilines is 1. The van der Waals surface area contributed by atoms with E-state index in [2.05, 4.69) is 20.8 Å². The normalized spacial score (nSPS) is 11.5. The molecule has 13 heteroatoms. The van der Waals surface area contributed by atoms with E-state index in [0.29, 0.717) is 23.1 Å². The quantitative estimate of drug-likeness (QED) is 0.142. The van der Waals surface area contributed by atoms with Crippen LogP contribution >= 0.6 is 23.1 Å². The Bertz CT molecular complexity index is 1640. The molecule has 2 N–H and O–H groups in total. The Morgan fingerprint density at radius 2 is 1.53 bits per heavy atom. The molecule has 0 aliphatic rings. The van der Waals surface area contributed by atoms with Gasteiger partial charge in [0, 0.05) is 0 Å². The monoisotopic (exact) mass is 649 g/mol. The maximum absolute atomic E-state index is 13.4. The largest absolute Gasteiger partial charge is 0.462 e. The standard InChI is InChI=1S/C32H35N5O6S2/c1-5-42-30(40)26-20(3)27(31(41)43-6-2)45-29(26)34-28(39)21(4)44-32-36-35-24(37(32)19-23-15-11-8-12-16-23)18-33-25(38)17-22-13-9-7-10-14-22/h7-16,21H,5-6,17-19H2,1-4H3,(H,33,38)(H,34,39)/t21-/m0/s1. The van der Waals surface area contributed by atoms with Crippen molar-refractivity contribution in [3.8, 4) is 0 Å². The fraction of sp³-hybridized carbons (Fsp3) is 0.312. The average molecular weight is 650 g/mol. The highest BCUT2D eigenvalue weighted by atomic mass is 32.2. The van der Waals surface area contributed by atoms with Crippen molar-refractivity contribution in [2.45, 2.75) is 57.6 Å². The number of hydrogen-bond acceptors (Lipinski definition) is 10. The molecule has 236 valence electrons. The number of esters is 2. The molecule has 2 amide bonds. The Morgan fingerprint density at radius 3 is 2.18 bits per heavy atom. The summed E-state index contributed by atoms with van der Waals surface area (Å²) in [6.07, 6.45) is 0.236. The van der Waals surface area contributed by atoms with E-state index in [4.69, 9.17) is 9.47 Å². The third-order valence-electron chi connectivity index (χ3n) is 6.60. The van der Waals surface area contributed by atoms with E-state index in [9.17, 15) is 19.2 Å². The van der Waals surface area contributed by atoms with Gasteiger partial charge >= 0.3 is 11.9 Å². The van der Waals surface area contributed by atoms with Crippen molar-refractivity contribution >= 4 is 51.9 Å². The van der Waals surface area contributed by atoms with E-state index in [0.717, 1.165) is 22.5 Å². The maximum atomic E-state index is 13.4. The zero-order valence-electron chi connectivity index (χ0n) is 25.5. The van der Waals surface area contributed by atoms with Crippen molar-refractivity contribution in [3.05, 3.63) is 93.6 Å². The van der Waals surface area contributed by atoms with E-state index in [1.807, 2.05) is 65.2 Å². The minimum absolute atomic E-state index is 0.122. The molecule has 2 heterocycles. The number of hydrogen-bond donors (Lipinski definition) is 2. The Morgan fingerprint density at radius 1 is 0.911 bits per heavy atom. The van der Waals surface area contributed by atoms with Gasteiger partial charge in [-0.3, -0.25) is 9.59 Å². The maximum Gasteiger partial charge on any atom is 0.348 e. The second kappa shape index (κ2) is 16.0. The molecular formula is C32H35N5O6S2. The molecular weight excluding hydrogens is 615 g/mol. The number of nitrogens with zero attached hydrogens (tertiary/aromatic N) is 3. The number of carbonyl (C=O) groups is 4. The first kappa shape index (κ1) is 33.4. The number of thioether (sulfide) groups is 1. The number of rotatable bonds is 14. The number of aromatic nitrogens is 3. The first-order chi connectivity index (χ1) is 21.7. The van der Waals surface area contributed by atoms with E-state index < -0.39 is 23.1 Å². The van der Waals surface area contributed by atoms with Crippen molar-refractivity contribution in [2.75, 3.05) is 18.5 Å². The van der Waals surface area contributed by atoms with Crippen LogP contribution in [0.25, 0.3) is 0 Å². The van der Waals surface area contributed by atoms with Crippen LogP contribution in [-0.4, -0.2) is 57.0 Å². The van der Waals surface area contributed by atoms with Gasteiger partial charge in [0.1, 0.15) is 9.88 Å². The molecule has 0 fully saturated rings. The van der Waals surface area contributed by atoms with Gasteiger partial charge in [0.15, 0.2) is 11.0 Å². The number of carbonyl (C=O) groups excluding carboxylic acids is 4. The van der Waals surface area contributed by atoms with Crippen LogP contribution in [0, 0.1) is 6.92 Å². The van der Waals surface area contributed by atoms with Crippen LogP contribution in [0.3, 0.4) is 0 Å². The molecule has 0 saturated carbocycles. The summed E-state index contributed by atoms with van der Waals surface area (Å²) in [6.45, 7) is 7.58. The van der Waals surface area contributed by atoms with Crippen molar-refractivity contribution < 1.29 is 28.7 Å². The van der Waals surface area contributed by atoms with Gasteiger partial charge in [-0.1, -0.05) is 72.4 Å². The smallest absolute Gasteiger partial charge is 0.348 e. The lowest BCUT2D eigenvalue weighted by Crippen LogP contribution is -2.27. The first-order valence-corrected chi connectivity index (χ1v) is 16.1. The van der Waals surface area contributed by atoms with Gasteiger partial charge in [-0.25, -0.2) is 9.59 Å². The van der Waals surface area contributed by atoms with Crippen LogP contribution in [0.2, 0.25) is 0 Å². The molecule has 0 aliphatic heterocycles. The topological polar surface area (TPSA) is 142 Å². The average Bonchev–Trinajstić information content (AvgIpc) is 3.56. The molecule has 0 aliphatic carbocycles. The minimum Gasteiger partial charge on any atom is -0.462 e. The Kier molecular flexibility index (Phi) is 11.9. The zero-order valence-corrected chi connectivity index (χ0v) is 27.1. The molecule has 0 bridgehead atoms. The van der Waals surface area contributed by atoms with Crippen LogP contribution in [0.4, 0.5) is 5.00 Å². The zero-order chi connectivity index (χ0) is 32.3. The SMILES string of the molecule is CCOC(=O)c1sc(NC(=O)[C@H](C)Sc2nnc(CNC(=O)Cc3ccccc3)n2Cc2ccccc2)c(C(=O)OCC)c1C. The van der Waals surface area contributed by atoms with E-state index in [1.165, 1.54) is 11.8 Å². The molecule has 0 radical (unpaired) electrons. The molecule has 4 rings (SSSR count). The third-order valence-corrected chi connectivity index (χ3v) is 8.87. The van der Waals surface area contributed by atoms with Crippen molar-refractivity contribution in [2.24, 2.45) is 0 Å². The van der Waals surface area contributed by atoms with Gasteiger partial charge in [0.05, 0.1) is 43.5 Å². The second-order valence-corrected chi connectivity index (χ2v) is 12.2. The molecule has 2 aromatic heterocycles. The molecule has 0 saturated heterocycles. The summed E-state index contributed by atoms with van der Waals surface area (Å²) in [5, 5.41) is 14.4. The van der Waals surface area contributed by atoms with Gasteiger partial charge < -0.3 is 24.7 Å². The second-order valence-electron chi connectivity index (χ2n) is 9.86. The predicted molar refractivity (Wildman–Crippen MR) is 172 cm³/mol. The molecule has 1 atom stereocenters. The number of benzene rings is 2. The minimum atomic E-state index is -0.673. The summed E-state index contributed by atoms with van der Waals surface area (Å²) >= 11 is 2.16. The van der Waals surface area contributed by atoms with Crippen LogP contribution < -0.4 is 10.6 Å². The van der Waals surface area contributed by atoms with Gasteiger partial charge in [-0.05, 0) is 44.4 Å². The number of nitrogens with one attached hydrogen (secondary N) is 2. The van der Waals surface area contributed by atoms with Gasteiger partial charge in [0.2, 0.25) is 11.8 Å². The third kappa shape index (κ3) is 8.79. The Labute approximate surface area is 269 Å². The fourth-order valence-electron chi connectivity index (χ4n) is 4.35. The highest BCUT2D eigenvalue weighted by Gasteiger charge is 2.29. The predicted octanol–water partition coefficient (Wildman–Crippen LogP) is 5.03. The lowest BCUT2D eigenvalue weighted by atomic mass is 10.1.